The first-order chi connectivity index (χ1) is 5.11. The second kappa shape index (κ2) is 3.04. The molecule has 0 amide bonds. The molecule has 0 saturated carbocycles. The minimum Gasteiger partial charge on any atom is -0.460 e. The Kier molecular flexibility index (Phi) is 2.28. The first-order valence-electron chi connectivity index (χ1n) is 3.40. The summed E-state index contributed by atoms with van der Waals surface area (Å²) < 4.78 is 5.11. The van der Waals surface area contributed by atoms with Gasteiger partial charge in [0, 0.05) is 0 Å². The van der Waals surface area contributed by atoms with Gasteiger partial charge in [-0.3, -0.25) is 0 Å². The molecule has 0 aliphatic heterocycles. The first kappa shape index (κ1) is 8.26. The van der Waals surface area contributed by atoms with E-state index in [1.165, 1.54) is 0 Å². The Morgan fingerprint density at radius 1 is 1.36 bits per heavy atom. The number of rotatable bonds is 2. The minimum absolute atomic E-state index is 0.487. The third-order valence-corrected chi connectivity index (χ3v) is 1.39. The van der Waals surface area contributed by atoms with Crippen LogP contribution in [-0.2, 0) is 0 Å². The Labute approximate surface area is 64.8 Å². The zero-order valence-electron chi connectivity index (χ0n) is 6.32. The van der Waals surface area contributed by atoms with Crippen LogP contribution in [0.2, 0.25) is 0 Å². The average molecular weight is 156 g/mol. The van der Waals surface area contributed by atoms with Crippen molar-refractivity contribution in [1.29, 1.82) is 0 Å². The fourth-order valence-corrected chi connectivity index (χ4v) is 0.772. The van der Waals surface area contributed by atoms with Crippen LogP contribution in [-0.4, -0.2) is 5.11 Å². The van der Waals surface area contributed by atoms with Crippen molar-refractivity contribution in [3.63, 3.8) is 0 Å². The number of aliphatic hydroxyl groups is 1. The minimum atomic E-state index is -0.609. The predicted octanol–water partition coefficient (Wildman–Crippen LogP) is 0.249. The lowest BCUT2D eigenvalue weighted by atomic mass is 10.3. The van der Waals surface area contributed by atoms with Crippen LogP contribution in [0.25, 0.3) is 0 Å². The highest BCUT2D eigenvalue weighted by Gasteiger charge is 2.09. The molecule has 1 atom stereocenters. The quantitative estimate of drug-likeness (QED) is 0.536. The topological polar surface area (TPSA) is 85.4 Å². The van der Waals surface area contributed by atoms with E-state index in [2.05, 4.69) is 0 Å². The molecule has 4 nitrogen and oxygen atoms in total. The summed E-state index contributed by atoms with van der Waals surface area (Å²) in [4.78, 5) is 0. The summed E-state index contributed by atoms with van der Waals surface area (Å²) in [5.74, 6) is 0.974. The van der Waals surface area contributed by atoms with Gasteiger partial charge in [-0.15, -0.1) is 0 Å². The Balaban J connectivity index is 2.82. The van der Waals surface area contributed by atoms with Crippen LogP contribution >= 0.6 is 0 Å². The zero-order chi connectivity index (χ0) is 8.43. The SMILES string of the molecule is CC(O)c1ccc(C(N)N)o1. The molecule has 11 heavy (non-hydrogen) atoms. The van der Waals surface area contributed by atoms with Crippen LogP contribution in [0.5, 0.6) is 0 Å². The third kappa shape index (κ3) is 1.80. The number of hydrogen-bond acceptors (Lipinski definition) is 4. The molecule has 1 unspecified atom stereocenters. The summed E-state index contributed by atoms with van der Waals surface area (Å²) in [6, 6.07) is 3.32. The Hall–Kier alpha value is -0.840. The number of furan rings is 1. The Morgan fingerprint density at radius 2 is 1.91 bits per heavy atom. The molecule has 4 heteroatoms. The highest BCUT2D eigenvalue weighted by atomic mass is 16.4. The standard InChI is InChI=1S/C7H12N2O2/c1-4(10)5-2-3-6(11-5)7(8)9/h2-4,7,10H,8-9H2,1H3. The van der Waals surface area contributed by atoms with Gasteiger partial charge in [0.2, 0.25) is 0 Å². The van der Waals surface area contributed by atoms with Gasteiger partial charge in [-0.05, 0) is 19.1 Å². The van der Waals surface area contributed by atoms with Gasteiger partial charge < -0.3 is 21.0 Å². The molecule has 0 saturated heterocycles. The first-order valence-corrected chi connectivity index (χ1v) is 3.40. The van der Waals surface area contributed by atoms with Crippen LogP contribution in [0, 0.1) is 0 Å². The van der Waals surface area contributed by atoms with E-state index in [4.69, 9.17) is 21.0 Å². The van der Waals surface area contributed by atoms with Crippen LogP contribution in [0.4, 0.5) is 0 Å². The van der Waals surface area contributed by atoms with Gasteiger partial charge >= 0.3 is 0 Å². The van der Waals surface area contributed by atoms with Crippen LogP contribution < -0.4 is 11.5 Å². The molecule has 0 bridgehead atoms. The maximum absolute atomic E-state index is 9.04. The number of aliphatic hydroxyl groups excluding tert-OH is 1. The van der Waals surface area contributed by atoms with Crippen LogP contribution in [0.15, 0.2) is 16.5 Å². The molecule has 5 N–H and O–H groups in total. The molecule has 1 aromatic rings. The molecule has 0 fully saturated rings. The molecule has 0 aliphatic carbocycles. The molecule has 1 rings (SSSR count). The molecule has 0 radical (unpaired) electrons. The molecule has 62 valence electrons. The Morgan fingerprint density at radius 3 is 2.18 bits per heavy atom. The number of hydrogen-bond donors (Lipinski definition) is 3. The monoisotopic (exact) mass is 156 g/mol. The van der Waals surface area contributed by atoms with Gasteiger partial charge in [-0.25, -0.2) is 0 Å². The fourth-order valence-electron chi connectivity index (χ4n) is 0.772. The number of nitrogens with two attached hydrogens (primary N) is 2. The van der Waals surface area contributed by atoms with Gasteiger partial charge in [0.25, 0.3) is 0 Å². The lowest BCUT2D eigenvalue weighted by molar-refractivity contribution is 0.166. The summed E-state index contributed by atoms with van der Waals surface area (Å²) in [6.07, 6.45) is -1.22. The summed E-state index contributed by atoms with van der Waals surface area (Å²) in [5.41, 5.74) is 10.7. The molecule has 0 spiro atoms. The lowest BCUT2D eigenvalue weighted by Gasteiger charge is -2.00. The molecular weight excluding hydrogens is 144 g/mol. The lowest BCUT2D eigenvalue weighted by Crippen LogP contribution is -2.19. The van der Waals surface area contributed by atoms with Crippen molar-refractivity contribution in [2.45, 2.75) is 19.2 Å². The van der Waals surface area contributed by atoms with Crippen LogP contribution in [0.1, 0.15) is 30.7 Å². The van der Waals surface area contributed by atoms with E-state index in [0.29, 0.717) is 11.5 Å². The van der Waals surface area contributed by atoms with Crippen molar-refractivity contribution < 1.29 is 9.52 Å². The van der Waals surface area contributed by atoms with E-state index >= 15 is 0 Å². The summed E-state index contributed by atoms with van der Waals surface area (Å²) in [6.45, 7) is 1.62. The highest BCUT2D eigenvalue weighted by Crippen LogP contribution is 2.17. The largest absolute Gasteiger partial charge is 0.460 e. The molecule has 1 aromatic heterocycles. The van der Waals surface area contributed by atoms with E-state index in [0.717, 1.165) is 0 Å². The zero-order valence-corrected chi connectivity index (χ0v) is 6.32. The van der Waals surface area contributed by atoms with Gasteiger partial charge in [0.15, 0.2) is 0 Å². The summed E-state index contributed by atoms with van der Waals surface area (Å²) in [5, 5.41) is 9.04. The molecule has 1 heterocycles. The van der Waals surface area contributed by atoms with Crippen molar-refractivity contribution >= 4 is 0 Å². The Bertz CT molecular complexity index is 208. The van der Waals surface area contributed by atoms with E-state index in [1.807, 2.05) is 0 Å². The second-order valence-corrected chi connectivity index (χ2v) is 2.44. The van der Waals surface area contributed by atoms with E-state index in [9.17, 15) is 0 Å². The average Bonchev–Trinajstić information content (AvgIpc) is 2.33. The van der Waals surface area contributed by atoms with Gasteiger partial charge in [-0.1, -0.05) is 0 Å². The van der Waals surface area contributed by atoms with Crippen molar-refractivity contribution in [2.24, 2.45) is 11.5 Å². The van der Waals surface area contributed by atoms with E-state index in [-0.39, 0.29) is 0 Å². The third-order valence-electron chi connectivity index (χ3n) is 1.39. The maximum atomic E-state index is 9.04. The molecule has 0 aliphatic rings. The second-order valence-electron chi connectivity index (χ2n) is 2.44. The van der Waals surface area contributed by atoms with Crippen LogP contribution in [0.3, 0.4) is 0 Å². The summed E-state index contributed by atoms with van der Waals surface area (Å²) >= 11 is 0. The van der Waals surface area contributed by atoms with Gasteiger partial charge in [-0.2, -0.15) is 0 Å². The van der Waals surface area contributed by atoms with Crippen molar-refractivity contribution in [3.05, 3.63) is 23.7 Å². The van der Waals surface area contributed by atoms with E-state index in [1.54, 1.807) is 19.1 Å². The van der Waals surface area contributed by atoms with Crippen molar-refractivity contribution in [3.8, 4) is 0 Å². The highest BCUT2D eigenvalue weighted by molar-refractivity contribution is 5.10. The van der Waals surface area contributed by atoms with E-state index < -0.39 is 12.3 Å². The fraction of sp³-hybridized carbons (Fsp3) is 0.429. The van der Waals surface area contributed by atoms with Gasteiger partial charge in [0.05, 0.1) is 0 Å². The molecular formula is C7H12N2O2. The maximum Gasteiger partial charge on any atom is 0.135 e. The normalized spacial score (nSPS) is 13.9. The summed E-state index contributed by atoms with van der Waals surface area (Å²) in [7, 11) is 0. The molecule has 0 aromatic carbocycles. The van der Waals surface area contributed by atoms with Gasteiger partial charge in [0.1, 0.15) is 23.8 Å². The van der Waals surface area contributed by atoms with Crippen molar-refractivity contribution in [1.82, 2.24) is 0 Å². The smallest absolute Gasteiger partial charge is 0.135 e. The van der Waals surface area contributed by atoms with Crippen molar-refractivity contribution in [2.75, 3.05) is 0 Å². The predicted molar refractivity (Wildman–Crippen MR) is 40.5 cm³/mol.